The molecule has 1 rings (SSSR count). The average Bonchev–Trinajstić information content (AvgIpc) is 2.11. The molecule has 0 aromatic heterocycles. The van der Waals surface area contributed by atoms with Crippen molar-refractivity contribution in [1.82, 2.24) is 0 Å². The lowest BCUT2D eigenvalue weighted by Gasteiger charge is -2.07. The van der Waals surface area contributed by atoms with Crippen LogP contribution in [-0.2, 0) is 0 Å². The lowest BCUT2D eigenvalue weighted by atomic mass is 10.1. The maximum absolute atomic E-state index is 10.6. The van der Waals surface area contributed by atoms with Crippen molar-refractivity contribution in [1.29, 1.82) is 0 Å². The number of nitrogens with zero attached hydrogens (tertiary/aromatic N) is 1. The van der Waals surface area contributed by atoms with E-state index in [1.54, 1.807) is 6.92 Å². The van der Waals surface area contributed by atoms with Crippen molar-refractivity contribution in [3.8, 4) is 5.75 Å². The summed E-state index contributed by atoms with van der Waals surface area (Å²) in [6.07, 6.45) is 0. The summed E-state index contributed by atoms with van der Waals surface area (Å²) in [6, 6.07) is 0. The average molecular weight is 236 g/mol. The molecule has 4 nitrogen and oxygen atoms in total. The molecule has 6 heteroatoms. The first kappa shape index (κ1) is 11.1. The Hall–Kier alpha value is -1.00. The van der Waals surface area contributed by atoms with E-state index in [1.165, 1.54) is 6.92 Å². The molecule has 0 radical (unpaired) electrons. The Bertz CT molecular complexity index is 389. The zero-order chi connectivity index (χ0) is 11.0. The number of rotatable bonds is 1. The molecule has 0 aliphatic carbocycles. The largest absolute Gasteiger partial charge is 0.501 e. The van der Waals surface area contributed by atoms with Crippen LogP contribution < -0.4 is 0 Å². The van der Waals surface area contributed by atoms with E-state index in [-0.39, 0.29) is 15.6 Å². The quantitative estimate of drug-likeness (QED) is 0.601. The van der Waals surface area contributed by atoms with Crippen molar-refractivity contribution in [2.24, 2.45) is 0 Å². The normalized spacial score (nSPS) is 10.3. The van der Waals surface area contributed by atoms with Gasteiger partial charge in [0.2, 0.25) is 5.75 Å². The second-order valence-corrected chi connectivity index (χ2v) is 3.59. The molecular formula is C8H7Cl2NO3. The highest BCUT2D eigenvalue weighted by Crippen LogP contribution is 2.43. The van der Waals surface area contributed by atoms with Crippen molar-refractivity contribution in [3.63, 3.8) is 0 Å². The highest BCUT2D eigenvalue weighted by molar-refractivity contribution is 6.37. The first-order chi connectivity index (χ1) is 6.37. The van der Waals surface area contributed by atoms with Crippen molar-refractivity contribution in [3.05, 3.63) is 31.3 Å². The second kappa shape index (κ2) is 3.63. The fourth-order valence-corrected chi connectivity index (χ4v) is 1.58. The van der Waals surface area contributed by atoms with E-state index in [0.717, 1.165) is 0 Å². The van der Waals surface area contributed by atoms with Crippen molar-refractivity contribution >= 4 is 28.9 Å². The molecule has 0 saturated carbocycles. The summed E-state index contributed by atoms with van der Waals surface area (Å²) in [5, 5.41) is 20.1. The maximum Gasteiger partial charge on any atom is 0.316 e. The molecule has 0 aliphatic rings. The second-order valence-electron chi connectivity index (χ2n) is 2.83. The van der Waals surface area contributed by atoms with E-state index in [0.29, 0.717) is 5.56 Å². The Morgan fingerprint density at radius 3 is 2.14 bits per heavy atom. The number of halogens is 2. The van der Waals surface area contributed by atoms with Crippen LogP contribution in [0.1, 0.15) is 11.1 Å². The minimum absolute atomic E-state index is 0.0766. The lowest BCUT2D eigenvalue weighted by Crippen LogP contribution is -1.95. The van der Waals surface area contributed by atoms with Gasteiger partial charge in [-0.3, -0.25) is 10.1 Å². The summed E-state index contributed by atoms with van der Waals surface area (Å²) in [5.41, 5.74) is 0.218. The van der Waals surface area contributed by atoms with Gasteiger partial charge in [0.15, 0.2) is 0 Å². The van der Waals surface area contributed by atoms with Gasteiger partial charge in [0.05, 0.1) is 15.0 Å². The number of aromatic hydroxyl groups is 1. The minimum Gasteiger partial charge on any atom is -0.501 e. The third-order valence-electron chi connectivity index (χ3n) is 1.96. The van der Waals surface area contributed by atoms with Crippen LogP contribution in [0.15, 0.2) is 0 Å². The number of benzene rings is 1. The van der Waals surface area contributed by atoms with Crippen LogP contribution in [0, 0.1) is 24.0 Å². The van der Waals surface area contributed by atoms with E-state index >= 15 is 0 Å². The van der Waals surface area contributed by atoms with Crippen LogP contribution in [-0.4, -0.2) is 10.0 Å². The van der Waals surface area contributed by atoms with Crippen molar-refractivity contribution < 1.29 is 10.0 Å². The number of hydrogen-bond donors (Lipinski definition) is 1. The van der Waals surface area contributed by atoms with E-state index in [2.05, 4.69) is 0 Å². The van der Waals surface area contributed by atoms with Gasteiger partial charge in [-0.2, -0.15) is 0 Å². The summed E-state index contributed by atoms with van der Waals surface area (Å²) >= 11 is 11.5. The standard InChI is InChI=1S/C8H7Cl2NO3/c1-3-5(9)4(2)7(11(13)14)8(12)6(3)10/h12H,1-2H3. The number of nitro benzene ring substituents is 1. The number of nitro groups is 1. The fourth-order valence-electron chi connectivity index (χ4n) is 1.16. The molecule has 14 heavy (non-hydrogen) atoms. The van der Waals surface area contributed by atoms with E-state index in [4.69, 9.17) is 23.2 Å². The van der Waals surface area contributed by atoms with E-state index in [1.807, 2.05) is 0 Å². The molecule has 0 heterocycles. The smallest absolute Gasteiger partial charge is 0.316 e. The van der Waals surface area contributed by atoms with Gasteiger partial charge in [-0.15, -0.1) is 0 Å². The van der Waals surface area contributed by atoms with Gasteiger partial charge < -0.3 is 5.11 Å². The predicted octanol–water partition coefficient (Wildman–Crippen LogP) is 3.22. The molecule has 1 aromatic rings. The van der Waals surface area contributed by atoms with Crippen LogP contribution in [0.5, 0.6) is 5.75 Å². The third-order valence-corrected chi connectivity index (χ3v) is 2.99. The number of phenols is 1. The third kappa shape index (κ3) is 1.51. The van der Waals surface area contributed by atoms with Gasteiger partial charge in [0.1, 0.15) is 0 Å². The van der Waals surface area contributed by atoms with Crippen LogP contribution in [0.4, 0.5) is 5.69 Å². The van der Waals surface area contributed by atoms with Gasteiger partial charge in [0.25, 0.3) is 0 Å². The molecule has 0 atom stereocenters. The first-order valence-corrected chi connectivity index (χ1v) is 4.45. The number of phenolic OH excluding ortho intramolecular Hbond substituents is 1. The highest BCUT2D eigenvalue weighted by atomic mass is 35.5. The molecule has 0 spiro atoms. The molecule has 0 bridgehead atoms. The van der Waals surface area contributed by atoms with Crippen molar-refractivity contribution in [2.45, 2.75) is 13.8 Å². The van der Waals surface area contributed by atoms with Crippen LogP contribution in [0.2, 0.25) is 10.0 Å². The Morgan fingerprint density at radius 1 is 1.21 bits per heavy atom. The molecule has 0 amide bonds. The van der Waals surface area contributed by atoms with Gasteiger partial charge in [0, 0.05) is 5.56 Å². The van der Waals surface area contributed by atoms with Gasteiger partial charge >= 0.3 is 5.69 Å². The number of hydrogen-bond acceptors (Lipinski definition) is 3. The summed E-state index contributed by atoms with van der Waals surface area (Å²) in [6.45, 7) is 3.05. The lowest BCUT2D eigenvalue weighted by molar-refractivity contribution is -0.386. The summed E-state index contributed by atoms with van der Waals surface area (Å²) in [7, 11) is 0. The van der Waals surface area contributed by atoms with Crippen LogP contribution in [0.25, 0.3) is 0 Å². The van der Waals surface area contributed by atoms with Gasteiger partial charge in [-0.25, -0.2) is 0 Å². The molecule has 76 valence electrons. The minimum atomic E-state index is -0.706. The zero-order valence-electron chi connectivity index (χ0n) is 7.47. The highest BCUT2D eigenvalue weighted by Gasteiger charge is 2.25. The summed E-state index contributed by atoms with van der Waals surface area (Å²) in [5.74, 6) is -0.531. The Labute approximate surface area is 90.2 Å². The molecule has 1 N–H and O–H groups in total. The van der Waals surface area contributed by atoms with Gasteiger partial charge in [-0.1, -0.05) is 23.2 Å². The molecule has 0 fully saturated rings. The molecule has 0 unspecified atom stereocenters. The molecular weight excluding hydrogens is 229 g/mol. The Kier molecular flexibility index (Phi) is 2.87. The zero-order valence-corrected chi connectivity index (χ0v) is 8.98. The predicted molar refractivity (Wildman–Crippen MR) is 54.3 cm³/mol. The molecule has 0 saturated heterocycles. The maximum atomic E-state index is 10.6. The Balaban J connectivity index is 3.68. The Morgan fingerprint density at radius 2 is 1.71 bits per heavy atom. The SMILES string of the molecule is Cc1c(Cl)c(C)c([N+](=O)[O-])c(O)c1Cl. The van der Waals surface area contributed by atoms with Crippen molar-refractivity contribution in [2.75, 3.05) is 0 Å². The fraction of sp³-hybridized carbons (Fsp3) is 0.250. The first-order valence-electron chi connectivity index (χ1n) is 3.69. The van der Waals surface area contributed by atoms with Crippen LogP contribution >= 0.6 is 23.2 Å². The van der Waals surface area contributed by atoms with Gasteiger partial charge in [-0.05, 0) is 19.4 Å². The molecule has 0 aliphatic heterocycles. The van der Waals surface area contributed by atoms with Crippen LogP contribution in [0.3, 0.4) is 0 Å². The molecule has 1 aromatic carbocycles. The topological polar surface area (TPSA) is 63.4 Å². The monoisotopic (exact) mass is 235 g/mol. The van der Waals surface area contributed by atoms with E-state index < -0.39 is 16.4 Å². The summed E-state index contributed by atoms with van der Waals surface area (Å²) < 4.78 is 0. The summed E-state index contributed by atoms with van der Waals surface area (Å²) in [4.78, 5) is 9.88. The van der Waals surface area contributed by atoms with E-state index in [9.17, 15) is 15.2 Å².